The Morgan fingerprint density at radius 3 is 2.90 bits per heavy atom. The Kier molecular flexibility index (Phi) is 3.51. The summed E-state index contributed by atoms with van der Waals surface area (Å²) in [4.78, 5) is 0. The van der Waals surface area contributed by atoms with Gasteiger partial charge in [0.15, 0.2) is 0 Å². The summed E-state index contributed by atoms with van der Waals surface area (Å²) in [6.07, 6.45) is 4.80. The third-order valence-corrected chi connectivity index (χ3v) is 5.40. The van der Waals surface area contributed by atoms with E-state index in [1.807, 2.05) is 18.2 Å². The molecule has 1 aromatic rings. The quantitative estimate of drug-likeness (QED) is 0.872. The minimum Gasteiger partial charge on any atom is -0.493 e. The number of rotatable bonds is 2. The Balaban J connectivity index is 2.08. The Bertz CT molecular complexity index is 490. The van der Waals surface area contributed by atoms with Crippen LogP contribution in [0.5, 0.6) is 5.75 Å². The molecule has 0 spiro atoms. The van der Waals surface area contributed by atoms with E-state index in [0.717, 1.165) is 37.0 Å². The van der Waals surface area contributed by atoms with Gasteiger partial charge < -0.3 is 15.6 Å². The third-order valence-electron chi connectivity index (χ3n) is 5.40. The average Bonchev–Trinajstić information content (AvgIpc) is 2.46. The predicted molar refractivity (Wildman–Crippen MR) is 79.9 cm³/mol. The zero-order valence-electron chi connectivity index (χ0n) is 12.3. The molecule has 3 nitrogen and oxygen atoms in total. The fourth-order valence-corrected chi connectivity index (χ4v) is 4.30. The molecule has 0 aromatic heterocycles. The van der Waals surface area contributed by atoms with Gasteiger partial charge in [-0.1, -0.05) is 38.0 Å². The molecule has 3 rings (SSSR count). The van der Waals surface area contributed by atoms with Crippen molar-refractivity contribution >= 4 is 0 Å². The van der Waals surface area contributed by atoms with Gasteiger partial charge in [-0.3, -0.25) is 0 Å². The summed E-state index contributed by atoms with van der Waals surface area (Å²) in [6.45, 7) is 3.36. The van der Waals surface area contributed by atoms with Crippen molar-refractivity contribution in [1.82, 2.24) is 0 Å². The molecule has 20 heavy (non-hydrogen) atoms. The number of fused-ring (bicyclic) bond motifs is 1. The van der Waals surface area contributed by atoms with Crippen LogP contribution in [0.1, 0.15) is 44.6 Å². The summed E-state index contributed by atoms with van der Waals surface area (Å²) < 4.78 is 5.78. The Labute approximate surface area is 121 Å². The first-order valence-electron chi connectivity index (χ1n) is 7.76. The van der Waals surface area contributed by atoms with E-state index in [9.17, 15) is 5.11 Å². The van der Waals surface area contributed by atoms with Crippen LogP contribution >= 0.6 is 0 Å². The van der Waals surface area contributed by atoms with Crippen LogP contribution in [-0.4, -0.2) is 23.9 Å². The third kappa shape index (κ3) is 1.95. The molecule has 1 heterocycles. The van der Waals surface area contributed by atoms with Crippen molar-refractivity contribution in [3.63, 3.8) is 0 Å². The lowest BCUT2D eigenvalue weighted by molar-refractivity contribution is -0.0903. The van der Waals surface area contributed by atoms with E-state index in [-0.39, 0.29) is 5.41 Å². The molecule has 1 saturated carbocycles. The fourth-order valence-electron chi connectivity index (χ4n) is 4.30. The molecule has 1 aliphatic heterocycles. The summed E-state index contributed by atoms with van der Waals surface area (Å²) in [5, 5.41) is 11.4. The van der Waals surface area contributed by atoms with Gasteiger partial charge in [0.1, 0.15) is 5.75 Å². The van der Waals surface area contributed by atoms with Crippen LogP contribution in [0.3, 0.4) is 0 Å². The standard InChI is InChI=1S/C17H25NO2/c1-13-5-4-8-17(19,11-13)16(12-18)9-10-20-15-7-3-2-6-14(15)16/h2-3,6-7,13,19H,4-5,8-12,18H2,1H3. The minimum atomic E-state index is -0.695. The molecule has 0 radical (unpaired) electrons. The van der Waals surface area contributed by atoms with Crippen molar-refractivity contribution in [3.05, 3.63) is 29.8 Å². The first-order valence-corrected chi connectivity index (χ1v) is 7.76. The normalized spacial score (nSPS) is 37.0. The lowest BCUT2D eigenvalue weighted by Gasteiger charge is -2.52. The first-order chi connectivity index (χ1) is 9.61. The van der Waals surface area contributed by atoms with Crippen molar-refractivity contribution in [2.45, 2.75) is 50.0 Å². The van der Waals surface area contributed by atoms with Crippen molar-refractivity contribution in [1.29, 1.82) is 0 Å². The molecule has 3 N–H and O–H groups in total. The van der Waals surface area contributed by atoms with Crippen LogP contribution in [0.25, 0.3) is 0 Å². The molecule has 1 aromatic carbocycles. The van der Waals surface area contributed by atoms with Gasteiger partial charge in [0.25, 0.3) is 0 Å². The number of hydrogen-bond donors (Lipinski definition) is 2. The Hall–Kier alpha value is -1.06. The zero-order chi connectivity index (χ0) is 14.2. The summed E-state index contributed by atoms with van der Waals surface area (Å²) in [5.41, 5.74) is 6.26. The highest BCUT2D eigenvalue weighted by Gasteiger charge is 2.54. The minimum absolute atomic E-state index is 0.351. The van der Waals surface area contributed by atoms with Gasteiger partial charge >= 0.3 is 0 Å². The van der Waals surface area contributed by atoms with E-state index in [1.54, 1.807) is 0 Å². The lowest BCUT2D eigenvalue weighted by Crippen LogP contribution is -2.59. The Morgan fingerprint density at radius 2 is 2.15 bits per heavy atom. The maximum Gasteiger partial charge on any atom is 0.123 e. The zero-order valence-corrected chi connectivity index (χ0v) is 12.3. The van der Waals surface area contributed by atoms with Crippen LogP contribution < -0.4 is 10.5 Å². The van der Waals surface area contributed by atoms with Gasteiger partial charge in [-0.2, -0.15) is 0 Å². The van der Waals surface area contributed by atoms with Gasteiger partial charge in [-0.15, -0.1) is 0 Å². The highest BCUT2D eigenvalue weighted by molar-refractivity contribution is 5.44. The van der Waals surface area contributed by atoms with Gasteiger partial charge in [-0.05, 0) is 31.2 Å². The second kappa shape index (κ2) is 5.05. The number of nitrogens with two attached hydrogens (primary N) is 1. The van der Waals surface area contributed by atoms with Crippen molar-refractivity contribution in [2.24, 2.45) is 11.7 Å². The van der Waals surface area contributed by atoms with Gasteiger partial charge in [0, 0.05) is 17.5 Å². The van der Waals surface area contributed by atoms with Crippen LogP contribution in [-0.2, 0) is 5.41 Å². The van der Waals surface area contributed by atoms with Gasteiger partial charge in [-0.25, -0.2) is 0 Å². The van der Waals surface area contributed by atoms with Crippen LogP contribution in [0.4, 0.5) is 0 Å². The molecule has 3 heteroatoms. The molecule has 0 amide bonds. The van der Waals surface area contributed by atoms with E-state index in [2.05, 4.69) is 13.0 Å². The van der Waals surface area contributed by atoms with Crippen LogP contribution in [0.2, 0.25) is 0 Å². The van der Waals surface area contributed by atoms with Gasteiger partial charge in [0.2, 0.25) is 0 Å². The highest BCUT2D eigenvalue weighted by Crippen LogP contribution is 2.51. The summed E-state index contributed by atoms with van der Waals surface area (Å²) in [6, 6.07) is 8.08. The first kappa shape index (κ1) is 13.9. The highest BCUT2D eigenvalue weighted by atomic mass is 16.5. The molecular formula is C17H25NO2. The van der Waals surface area contributed by atoms with Crippen molar-refractivity contribution in [3.8, 4) is 5.75 Å². The van der Waals surface area contributed by atoms with E-state index in [0.29, 0.717) is 19.1 Å². The largest absolute Gasteiger partial charge is 0.493 e. The number of benzene rings is 1. The Morgan fingerprint density at radius 1 is 1.35 bits per heavy atom. The van der Waals surface area contributed by atoms with Gasteiger partial charge in [0.05, 0.1) is 12.2 Å². The van der Waals surface area contributed by atoms with E-state index in [4.69, 9.17) is 10.5 Å². The van der Waals surface area contributed by atoms with E-state index < -0.39 is 5.60 Å². The molecule has 110 valence electrons. The summed E-state index contributed by atoms with van der Waals surface area (Å²) >= 11 is 0. The maximum atomic E-state index is 11.4. The van der Waals surface area contributed by atoms with E-state index >= 15 is 0 Å². The fraction of sp³-hybridized carbons (Fsp3) is 0.647. The van der Waals surface area contributed by atoms with Crippen LogP contribution in [0.15, 0.2) is 24.3 Å². The second-order valence-corrected chi connectivity index (χ2v) is 6.61. The topological polar surface area (TPSA) is 55.5 Å². The van der Waals surface area contributed by atoms with Crippen LogP contribution in [0, 0.1) is 5.92 Å². The lowest BCUT2D eigenvalue weighted by atomic mass is 9.58. The number of aliphatic hydroxyl groups is 1. The molecule has 1 aliphatic carbocycles. The van der Waals surface area contributed by atoms with E-state index in [1.165, 1.54) is 6.42 Å². The SMILES string of the molecule is CC1CCCC(O)(C2(CN)CCOc3ccccc32)C1. The molecule has 0 saturated heterocycles. The smallest absolute Gasteiger partial charge is 0.123 e. The molecular weight excluding hydrogens is 250 g/mol. The molecule has 3 atom stereocenters. The number of hydrogen-bond acceptors (Lipinski definition) is 3. The number of para-hydroxylation sites is 1. The molecule has 0 bridgehead atoms. The molecule has 1 fully saturated rings. The summed E-state index contributed by atoms with van der Waals surface area (Å²) in [7, 11) is 0. The van der Waals surface area contributed by atoms with Crippen molar-refractivity contribution in [2.75, 3.05) is 13.2 Å². The molecule has 2 aliphatic rings. The summed E-state index contributed by atoms with van der Waals surface area (Å²) in [5.74, 6) is 1.46. The average molecular weight is 275 g/mol. The maximum absolute atomic E-state index is 11.4. The van der Waals surface area contributed by atoms with Crippen molar-refractivity contribution < 1.29 is 9.84 Å². The number of ether oxygens (including phenoxy) is 1. The second-order valence-electron chi connectivity index (χ2n) is 6.61. The monoisotopic (exact) mass is 275 g/mol. The molecule has 3 unspecified atom stereocenters. The predicted octanol–water partition coefficient (Wildman–Crippen LogP) is 2.61.